The Labute approximate surface area is 110 Å². The van der Waals surface area contributed by atoms with Gasteiger partial charge in [-0.15, -0.1) is 0 Å². The van der Waals surface area contributed by atoms with Gasteiger partial charge >= 0.3 is 0 Å². The second-order valence-electron chi connectivity index (χ2n) is 4.22. The van der Waals surface area contributed by atoms with Crippen molar-refractivity contribution >= 4 is 16.6 Å². The Morgan fingerprint density at radius 1 is 1.00 bits per heavy atom. The molecule has 0 unspecified atom stereocenters. The predicted octanol–water partition coefficient (Wildman–Crippen LogP) is 3.38. The van der Waals surface area contributed by atoms with Crippen LogP contribution in [0.2, 0.25) is 0 Å². The molecule has 94 valence electrons. The zero-order chi connectivity index (χ0) is 13.1. The number of fused-ring (bicyclic) bond motifs is 1. The number of anilines is 1. The summed E-state index contributed by atoms with van der Waals surface area (Å²) in [6, 6.07) is 12.7. The van der Waals surface area contributed by atoms with Crippen LogP contribution in [0.1, 0.15) is 5.56 Å². The van der Waals surface area contributed by atoms with Gasteiger partial charge in [-0.05, 0) is 23.1 Å². The Bertz CT molecular complexity index is 707. The molecule has 0 spiro atoms. The number of halogens is 1. The highest BCUT2D eigenvalue weighted by Crippen LogP contribution is 2.18. The van der Waals surface area contributed by atoms with Crippen LogP contribution in [0.15, 0.2) is 54.9 Å². The van der Waals surface area contributed by atoms with Crippen molar-refractivity contribution in [1.29, 1.82) is 0 Å². The van der Waals surface area contributed by atoms with Crippen LogP contribution < -0.4 is 5.32 Å². The van der Waals surface area contributed by atoms with Gasteiger partial charge in [0, 0.05) is 24.3 Å². The zero-order valence-electron chi connectivity index (χ0n) is 10.2. The van der Waals surface area contributed by atoms with Crippen LogP contribution in [0.3, 0.4) is 0 Å². The van der Waals surface area contributed by atoms with Crippen LogP contribution in [-0.2, 0) is 6.54 Å². The van der Waals surface area contributed by atoms with Gasteiger partial charge in [-0.25, -0.2) is 4.98 Å². The highest BCUT2D eigenvalue weighted by atomic mass is 19.1. The van der Waals surface area contributed by atoms with E-state index in [0.717, 1.165) is 16.3 Å². The summed E-state index contributed by atoms with van der Waals surface area (Å²) in [5.41, 5.74) is 1.06. The van der Waals surface area contributed by atoms with E-state index in [2.05, 4.69) is 15.3 Å². The third kappa shape index (κ3) is 2.52. The summed E-state index contributed by atoms with van der Waals surface area (Å²) in [7, 11) is 0. The first kappa shape index (κ1) is 11.6. The molecule has 0 aliphatic heterocycles. The van der Waals surface area contributed by atoms with E-state index in [1.54, 1.807) is 12.1 Å². The molecule has 0 amide bonds. The smallest absolute Gasteiger partial charge is 0.214 e. The summed E-state index contributed by atoms with van der Waals surface area (Å²) >= 11 is 0. The Morgan fingerprint density at radius 3 is 2.79 bits per heavy atom. The lowest BCUT2D eigenvalue weighted by Gasteiger charge is -2.08. The van der Waals surface area contributed by atoms with Gasteiger partial charge < -0.3 is 5.32 Å². The molecule has 3 nitrogen and oxygen atoms in total. The van der Waals surface area contributed by atoms with Crippen molar-refractivity contribution < 1.29 is 4.39 Å². The number of hydrogen-bond acceptors (Lipinski definition) is 3. The lowest BCUT2D eigenvalue weighted by molar-refractivity contribution is 0.585. The maximum atomic E-state index is 13.0. The molecule has 0 bridgehead atoms. The lowest BCUT2D eigenvalue weighted by Crippen LogP contribution is -2.03. The van der Waals surface area contributed by atoms with Gasteiger partial charge in [0.1, 0.15) is 5.82 Å². The molecule has 1 aromatic carbocycles. The lowest BCUT2D eigenvalue weighted by atomic mass is 10.1. The molecule has 0 radical (unpaired) electrons. The summed E-state index contributed by atoms with van der Waals surface area (Å²) < 4.78 is 13.0. The monoisotopic (exact) mass is 253 g/mol. The van der Waals surface area contributed by atoms with Crippen molar-refractivity contribution in [2.45, 2.75) is 6.54 Å². The molecule has 2 aromatic heterocycles. The van der Waals surface area contributed by atoms with Gasteiger partial charge in [0.15, 0.2) is 0 Å². The third-order valence-corrected chi connectivity index (χ3v) is 2.93. The fourth-order valence-corrected chi connectivity index (χ4v) is 2.01. The van der Waals surface area contributed by atoms with E-state index < -0.39 is 5.95 Å². The molecule has 0 saturated heterocycles. The molecule has 3 rings (SSSR count). The van der Waals surface area contributed by atoms with Crippen LogP contribution in [-0.4, -0.2) is 9.97 Å². The summed E-state index contributed by atoms with van der Waals surface area (Å²) in [5, 5.41) is 5.33. The minimum atomic E-state index is -0.485. The number of benzene rings is 1. The fraction of sp³-hybridized carbons (Fsp3) is 0.0667. The summed E-state index contributed by atoms with van der Waals surface area (Å²) in [5.74, 6) is 0.0361. The van der Waals surface area contributed by atoms with Crippen LogP contribution >= 0.6 is 0 Å². The van der Waals surface area contributed by atoms with Crippen LogP contribution in [0, 0.1) is 5.95 Å². The first-order valence-corrected chi connectivity index (χ1v) is 6.01. The molecule has 19 heavy (non-hydrogen) atoms. The second-order valence-corrected chi connectivity index (χ2v) is 4.22. The van der Waals surface area contributed by atoms with Gasteiger partial charge in [-0.1, -0.05) is 30.3 Å². The molecule has 0 aliphatic rings. The topological polar surface area (TPSA) is 37.8 Å². The third-order valence-electron chi connectivity index (χ3n) is 2.93. The quantitative estimate of drug-likeness (QED) is 0.727. The Balaban J connectivity index is 1.86. The fourth-order valence-electron chi connectivity index (χ4n) is 2.01. The average Bonchev–Trinajstić information content (AvgIpc) is 2.45. The van der Waals surface area contributed by atoms with E-state index in [0.29, 0.717) is 12.4 Å². The predicted molar refractivity (Wildman–Crippen MR) is 73.3 cm³/mol. The van der Waals surface area contributed by atoms with Crippen LogP contribution in [0.5, 0.6) is 0 Å². The van der Waals surface area contributed by atoms with E-state index in [9.17, 15) is 4.39 Å². The number of pyridine rings is 2. The van der Waals surface area contributed by atoms with E-state index in [4.69, 9.17) is 0 Å². The summed E-state index contributed by atoms with van der Waals surface area (Å²) in [4.78, 5) is 7.98. The van der Waals surface area contributed by atoms with Crippen LogP contribution in [0.25, 0.3) is 10.8 Å². The highest BCUT2D eigenvalue weighted by molar-refractivity contribution is 5.84. The molecule has 0 aliphatic carbocycles. The molecule has 0 atom stereocenters. The maximum absolute atomic E-state index is 13.0. The van der Waals surface area contributed by atoms with E-state index >= 15 is 0 Å². The highest BCUT2D eigenvalue weighted by Gasteiger charge is 2.02. The molecule has 2 heterocycles. The van der Waals surface area contributed by atoms with Gasteiger partial charge in [0.05, 0.1) is 0 Å². The normalized spacial score (nSPS) is 10.6. The standard InChI is InChI=1S/C15H12FN3/c16-14-6-3-7-15(19-14)18-10-12-9-17-8-11-4-1-2-5-13(11)12/h1-9H,10H2,(H,18,19). The van der Waals surface area contributed by atoms with Crippen molar-refractivity contribution in [2.75, 3.05) is 5.32 Å². The molecule has 4 heteroatoms. The number of nitrogens with one attached hydrogen (secondary N) is 1. The Kier molecular flexibility index (Phi) is 3.06. The molecular weight excluding hydrogens is 241 g/mol. The van der Waals surface area contributed by atoms with E-state index in [-0.39, 0.29) is 0 Å². The van der Waals surface area contributed by atoms with Crippen molar-refractivity contribution in [3.63, 3.8) is 0 Å². The maximum Gasteiger partial charge on any atom is 0.214 e. The molecule has 0 saturated carbocycles. The van der Waals surface area contributed by atoms with Gasteiger partial charge in [0.2, 0.25) is 5.95 Å². The zero-order valence-corrected chi connectivity index (χ0v) is 10.2. The number of aromatic nitrogens is 2. The van der Waals surface area contributed by atoms with Crippen molar-refractivity contribution in [3.8, 4) is 0 Å². The Morgan fingerprint density at radius 2 is 1.89 bits per heavy atom. The SMILES string of the molecule is Fc1cccc(NCc2cncc3ccccc23)n1. The Hall–Kier alpha value is -2.49. The number of hydrogen-bond donors (Lipinski definition) is 1. The second kappa shape index (κ2) is 5.02. The van der Waals surface area contributed by atoms with E-state index in [1.807, 2.05) is 36.7 Å². The first-order valence-electron chi connectivity index (χ1n) is 6.01. The minimum Gasteiger partial charge on any atom is -0.366 e. The van der Waals surface area contributed by atoms with Gasteiger partial charge in [0.25, 0.3) is 0 Å². The summed E-state index contributed by atoms with van der Waals surface area (Å²) in [6.07, 6.45) is 3.65. The number of rotatable bonds is 3. The molecule has 1 N–H and O–H groups in total. The van der Waals surface area contributed by atoms with Crippen molar-refractivity contribution in [2.24, 2.45) is 0 Å². The van der Waals surface area contributed by atoms with Crippen LogP contribution in [0.4, 0.5) is 10.2 Å². The van der Waals surface area contributed by atoms with Gasteiger partial charge in [-0.3, -0.25) is 4.98 Å². The first-order chi connectivity index (χ1) is 9.33. The minimum absolute atomic E-state index is 0.485. The number of nitrogens with zero attached hydrogens (tertiary/aromatic N) is 2. The van der Waals surface area contributed by atoms with Gasteiger partial charge in [-0.2, -0.15) is 4.39 Å². The summed E-state index contributed by atoms with van der Waals surface area (Å²) in [6.45, 7) is 0.560. The molecular formula is C15H12FN3. The van der Waals surface area contributed by atoms with E-state index in [1.165, 1.54) is 6.07 Å². The average molecular weight is 253 g/mol. The van der Waals surface area contributed by atoms with Crippen molar-refractivity contribution in [1.82, 2.24) is 9.97 Å². The molecule has 3 aromatic rings. The molecule has 0 fully saturated rings. The van der Waals surface area contributed by atoms with Crippen molar-refractivity contribution in [3.05, 3.63) is 66.4 Å². The largest absolute Gasteiger partial charge is 0.366 e.